The lowest BCUT2D eigenvalue weighted by atomic mass is 10.2. The third-order valence-electron chi connectivity index (χ3n) is 2.82. The van der Waals surface area contributed by atoms with Gasteiger partial charge in [0, 0.05) is 27.5 Å². The molecule has 3 nitrogen and oxygen atoms in total. The molecule has 0 aliphatic heterocycles. The van der Waals surface area contributed by atoms with Gasteiger partial charge >= 0.3 is 0 Å². The topological polar surface area (TPSA) is 41.3 Å². The van der Waals surface area contributed by atoms with Crippen molar-refractivity contribution in [3.8, 4) is 0 Å². The van der Waals surface area contributed by atoms with E-state index in [9.17, 15) is 0 Å². The van der Waals surface area contributed by atoms with Crippen LogP contribution >= 0.6 is 22.6 Å². The zero-order valence-electron chi connectivity index (χ0n) is 10.8. The number of nitrogen functional groups attached to an aromatic ring is 1. The van der Waals surface area contributed by atoms with Gasteiger partial charge < -0.3 is 16.0 Å². The monoisotopic (exact) mass is 347 g/mol. The molecule has 1 aromatic carbocycles. The van der Waals surface area contributed by atoms with E-state index in [1.54, 1.807) is 0 Å². The Kier molecular flexibility index (Phi) is 6.05. The van der Waals surface area contributed by atoms with Gasteiger partial charge in [0.2, 0.25) is 0 Å². The smallest absolute Gasteiger partial charge is 0.0479 e. The van der Waals surface area contributed by atoms with Crippen molar-refractivity contribution in [2.24, 2.45) is 0 Å². The van der Waals surface area contributed by atoms with Crippen LogP contribution in [0, 0.1) is 3.57 Å². The van der Waals surface area contributed by atoms with E-state index >= 15 is 0 Å². The number of hydrogen-bond acceptors (Lipinski definition) is 3. The SMILES string of the molecule is CCN(CC)CC(C)Nc1ccc(N)cc1I. The van der Waals surface area contributed by atoms with E-state index in [4.69, 9.17) is 5.73 Å². The molecule has 0 saturated heterocycles. The van der Waals surface area contributed by atoms with E-state index in [1.807, 2.05) is 12.1 Å². The van der Waals surface area contributed by atoms with Gasteiger partial charge in [-0.05, 0) is 60.8 Å². The van der Waals surface area contributed by atoms with E-state index in [-0.39, 0.29) is 0 Å². The summed E-state index contributed by atoms with van der Waals surface area (Å²) in [7, 11) is 0. The molecule has 17 heavy (non-hydrogen) atoms. The Balaban J connectivity index is 2.58. The molecule has 0 amide bonds. The quantitative estimate of drug-likeness (QED) is 0.614. The summed E-state index contributed by atoms with van der Waals surface area (Å²) in [6.07, 6.45) is 0. The fourth-order valence-electron chi connectivity index (χ4n) is 1.83. The van der Waals surface area contributed by atoms with Crippen LogP contribution in [0.4, 0.5) is 11.4 Å². The summed E-state index contributed by atoms with van der Waals surface area (Å²) in [6, 6.07) is 6.42. The number of likely N-dealkylation sites (N-methyl/N-ethyl adjacent to an activating group) is 1. The van der Waals surface area contributed by atoms with Gasteiger partial charge in [-0.15, -0.1) is 0 Å². The lowest BCUT2D eigenvalue weighted by molar-refractivity contribution is 0.295. The number of nitrogens with two attached hydrogens (primary N) is 1. The molecule has 96 valence electrons. The highest BCUT2D eigenvalue weighted by Gasteiger charge is 2.08. The van der Waals surface area contributed by atoms with Crippen LogP contribution in [0.1, 0.15) is 20.8 Å². The molecule has 1 atom stereocenters. The Hall–Kier alpha value is -0.490. The van der Waals surface area contributed by atoms with Crippen molar-refractivity contribution in [3.63, 3.8) is 0 Å². The summed E-state index contributed by atoms with van der Waals surface area (Å²) < 4.78 is 1.17. The van der Waals surface area contributed by atoms with Crippen molar-refractivity contribution in [2.75, 3.05) is 30.7 Å². The predicted molar refractivity (Wildman–Crippen MR) is 84.4 cm³/mol. The van der Waals surface area contributed by atoms with E-state index in [0.29, 0.717) is 6.04 Å². The van der Waals surface area contributed by atoms with Gasteiger partial charge in [-0.1, -0.05) is 13.8 Å². The van der Waals surface area contributed by atoms with Crippen LogP contribution in [0.5, 0.6) is 0 Å². The number of nitrogens with zero attached hydrogens (tertiary/aromatic N) is 1. The second-order valence-electron chi connectivity index (χ2n) is 4.27. The Labute approximate surface area is 118 Å². The summed E-state index contributed by atoms with van der Waals surface area (Å²) in [5.41, 5.74) is 7.72. The highest BCUT2D eigenvalue weighted by atomic mass is 127. The molecule has 0 fully saturated rings. The highest BCUT2D eigenvalue weighted by molar-refractivity contribution is 14.1. The van der Waals surface area contributed by atoms with E-state index in [0.717, 1.165) is 25.3 Å². The second kappa shape index (κ2) is 7.06. The Morgan fingerprint density at radius 2 is 2.00 bits per heavy atom. The minimum absolute atomic E-state index is 0.437. The van der Waals surface area contributed by atoms with Crippen LogP contribution in [-0.2, 0) is 0 Å². The van der Waals surface area contributed by atoms with Crippen LogP contribution in [0.15, 0.2) is 18.2 Å². The average Bonchev–Trinajstić information content (AvgIpc) is 2.29. The minimum Gasteiger partial charge on any atom is -0.399 e. The van der Waals surface area contributed by atoms with Gasteiger partial charge in [0.15, 0.2) is 0 Å². The first-order valence-electron chi connectivity index (χ1n) is 6.10. The first kappa shape index (κ1) is 14.6. The zero-order valence-corrected chi connectivity index (χ0v) is 13.0. The molecule has 0 aliphatic rings. The van der Waals surface area contributed by atoms with Gasteiger partial charge in [0.05, 0.1) is 0 Å². The molecule has 0 spiro atoms. The largest absolute Gasteiger partial charge is 0.399 e. The third kappa shape index (κ3) is 4.71. The van der Waals surface area contributed by atoms with Gasteiger partial charge in [0.1, 0.15) is 0 Å². The van der Waals surface area contributed by atoms with Crippen LogP contribution in [-0.4, -0.2) is 30.6 Å². The number of rotatable bonds is 6. The molecule has 0 aliphatic carbocycles. The molecule has 0 aromatic heterocycles. The summed E-state index contributed by atoms with van der Waals surface area (Å²) in [5, 5.41) is 3.53. The van der Waals surface area contributed by atoms with Crippen LogP contribution in [0.2, 0.25) is 0 Å². The molecular formula is C13H22IN3. The lowest BCUT2D eigenvalue weighted by Crippen LogP contribution is -2.34. The molecule has 0 saturated carbocycles. The van der Waals surface area contributed by atoms with Crippen molar-refractivity contribution in [3.05, 3.63) is 21.8 Å². The summed E-state index contributed by atoms with van der Waals surface area (Å²) in [6.45, 7) is 9.87. The highest BCUT2D eigenvalue weighted by Crippen LogP contribution is 2.21. The maximum absolute atomic E-state index is 5.74. The summed E-state index contributed by atoms with van der Waals surface area (Å²) >= 11 is 2.32. The number of nitrogens with one attached hydrogen (secondary N) is 1. The summed E-state index contributed by atoms with van der Waals surface area (Å²) in [4.78, 5) is 2.42. The maximum atomic E-state index is 5.74. The molecule has 1 aromatic rings. The fraction of sp³-hybridized carbons (Fsp3) is 0.538. The summed E-state index contributed by atoms with van der Waals surface area (Å²) in [5.74, 6) is 0. The standard InChI is InChI=1S/C13H22IN3/c1-4-17(5-2)9-10(3)16-13-7-6-11(15)8-12(13)14/h6-8,10,16H,4-5,9,15H2,1-3H3. The van der Waals surface area contributed by atoms with Crippen molar-refractivity contribution >= 4 is 34.0 Å². The molecule has 0 heterocycles. The van der Waals surface area contributed by atoms with Crippen LogP contribution in [0.3, 0.4) is 0 Å². The van der Waals surface area contributed by atoms with E-state index in [2.05, 4.69) is 59.6 Å². The van der Waals surface area contributed by atoms with Crippen molar-refractivity contribution in [1.82, 2.24) is 4.90 Å². The molecule has 0 bridgehead atoms. The van der Waals surface area contributed by atoms with E-state index < -0.39 is 0 Å². The molecule has 0 radical (unpaired) electrons. The number of hydrogen-bond donors (Lipinski definition) is 2. The maximum Gasteiger partial charge on any atom is 0.0479 e. The first-order chi connectivity index (χ1) is 8.06. The molecule has 1 rings (SSSR count). The predicted octanol–water partition coefficient (Wildman–Crippen LogP) is 3.02. The Morgan fingerprint density at radius 3 is 2.53 bits per heavy atom. The minimum atomic E-state index is 0.437. The molecule has 4 heteroatoms. The first-order valence-corrected chi connectivity index (χ1v) is 7.18. The zero-order chi connectivity index (χ0) is 12.8. The lowest BCUT2D eigenvalue weighted by Gasteiger charge is -2.24. The number of halogens is 1. The number of benzene rings is 1. The Bertz CT molecular complexity index is 351. The Morgan fingerprint density at radius 1 is 1.35 bits per heavy atom. The van der Waals surface area contributed by atoms with Gasteiger partial charge in [-0.3, -0.25) is 0 Å². The normalized spacial score (nSPS) is 12.8. The van der Waals surface area contributed by atoms with Gasteiger partial charge in [0.25, 0.3) is 0 Å². The van der Waals surface area contributed by atoms with Crippen LogP contribution < -0.4 is 11.1 Å². The third-order valence-corrected chi connectivity index (χ3v) is 3.71. The van der Waals surface area contributed by atoms with E-state index in [1.165, 1.54) is 9.26 Å². The second-order valence-corrected chi connectivity index (χ2v) is 5.43. The van der Waals surface area contributed by atoms with Gasteiger partial charge in [-0.2, -0.15) is 0 Å². The van der Waals surface area contributed by atoms with Crippen LogP contribution in [0.25, 0.3) is 0 Å². The molecular weight excluding hydrogens is 325 g/mol. The van der Waals surface area contributed by atoms with Crippen molar-refractivity contribution in [1.29, 1.82) is 0 Å². The molecule has 3 N–H and O–H groups in total. The van der Waals surface area contributed by atoms with Gasteiger partial charge in [-0.25, -0.2) is 0 Å². The number of anilines is 2. The average molecular weight is 347 g/mol. The van der Waals surface area contributed by atoms with Crippen molar-refractivity contribution < 1.29 is 0 Å². The molecule has 1 unspecified atom stereocenters. The van der Waals surface area contributed by atoms with Crippen molar-refractivity contribution in [2.45, 2.75) is 26.8 Å². The fourth-order valence-corrected chi connectivity index (χ4v) is 2.52.